The van der Waals surface area contributed by atoms with E-state index in [2.05, 4.69) is 4.98 Å². The Kier molecular flexibility index (Phi) is 3.43. The van der Waals surface area contributed by atoms with Gasteiger partial charge in [-0.05, 0) is 26.2 Å². The molecule has 2 aromatic rings. The first-order valence-electron chi connectivity index (χ1n) is 5.67. The monoisotopic (exact) mass is 287 g/mol. The molecule has 0 saturated carbocycles. The molecule has 0 radical (unpaired) electrons. The molecule has 8 heteroatoms. The minimum Gasteiger partial charge on any atom is -0.476 e. The van der Waals surface area contributed by atoms with Crippen LogP contribution >= 0.6 is 0 Å². The summed E-state index contributed by atoms with van der Waals surface area (Å²) in [6.45, 7) is 0.171. The van der Waals surface area contributed by atoms with Crippen LogP contribution in [0.4, 0.5) is 13.2 Å². The van der Waals surface area contributed by atoms with Crippen molar-refractivity contribution in [3.05, 3.63) is 35.3 Å². The first-order chi connectivity index (χ1) is 9.21. The van der Waals surface area contributed by atoms with Gasteiger partial charge in [-0.2, -0.15) is 13.2 Å². The lowest BCUT2D eigenvalue weighted by molar-refractivity contribution is -0.136. The number of imidazole rings is 1. The number of hydrogen-bond donors (Lipinski definition) is 1. The number of alkyl halides is 3. The average Bonchev–Trinajstić information content (AvgIpc) is 2.66. The fourth-order valence-corrected chi connectivity index (χ4v) is 1.96. The molecule has 0 spiro atoms. The molecule has 0 aliphatic carbocycles. The lowest BCUT2D eigenvalue weighted by Gasteiger charge is -2.11. The number of carbonyl (C=O) groups is 1. The lowest BCUT2D eigenvalue weighted by atomic mass is 10.2. The Morgan fingerprint density at radius 1 is 1.45 bits per heavy atom. The molecule has 0 aliphatic heterocycles. The highest BCUT2D eigenvalue weighted by Gasteiger charge is 2.35. The van der Waals surface area contributed by atoms with Crippen LogP contribution in [-0.4, -0.2) is 39.5 Å². The first-order valence-corrected chi connectivity index (χ1v) is 5.67. The minimum absolute atomic E-state index is 0.171. The number of carboxylic acid groups (broad SMARTS) is 1. The molecule has 5 nitrogen and oxygen atoms in total. The zero-order valence-corrected chi connectivity index (χ0v) is 10.8. The summed E-state index contributed by atoms with van der Waals surface area (Å²) >= 11 is 0. The van der Waals surface area contributed by atoms with Gasteiger partial charge in [-0.3, -0.25) is 0 Å². The van der Waals surface area contributed by atoms with E-state index < -0.39 is 23.4 Å². The average molecular weight is 287 g/mol. The Hall–Kier alpha value is -2.09. The molecule has 20 heavy (non-hydrogen) atoms. The van der Waals surface area contributed by atoms with Crippen LogP contribution in [-0.2, 0) is 12.7 Å². The molecule has 1 N–H and O–H groups in total. The van der Waals surface area contributed by atoms with Gasteiger partial charge in [-0.1, -0.05) is 0 Å². The van der Waals surface area contributed by atoms with Crippen LogP contribution in [0.25, 0.3) is 5.65 Å². The smallest absolute Gasteiger partial charge is 0.419 e. The molecule has 0 saturated heterocycles. The minimum atomic E-state index is -4.58. The third-order valence-electron chi connectivity index (χ3n) is 2.72. The Morgan fingerprint density at radius 3 is 2.60 bits per heavy atom. The Bertz CT molecular complexity index is 662. The summed E-state index contributed by atoms with van der Waals surface area (Å²) in [7, 11) is 3.39. The van der Waals surface area contributed by atoms with Crippen molar-refractivity contribution in [3.8, 4) is 0 Å². The van der Waals surface area contributed by atoms with Gasteiger partial charge in [-0.25, -0.2) is 9.78 Å². The lowest BCUT2D eigenvalue weighted by Crippen LogP contribution is -2.15. The number of halogens is 3. The Labute approximate surface area is 112 Å². The fourth-order valence-electron chi connectivity index (χ4n) is 1.96. The van der Waals surface area contributed by atoms with Crippen molar-refractivity contribution in [2.75, 3.05) is 14.1 Å². The summed E-state index contributed by atoms with van der Waals surface area (Å²) in [5.41, 5.74) is -1.50. The molecule has 2 heterocycles. The second-order valence-corrected chi connectivity index (χ2v) is 4.56. The van der Waals surface area contributed by atoms with Gasteiger partial charge in [0.2, 0.25) is 0 Å². The maximum atomic E-state index is 12.9. The predicted octanol–water partition coefficient (Wildman–Crippen LogP) is 2.11. The van der Waals surface area contributed by atoms with Crippen LogP contribution in [0.3, 0.4) is 0 Å². The Balaban J connectivity index is 2.77. The van der Waals surface area contributed by atoms with Crippen molar-refractivity contribution in [2.45, 2.75) is 12.7 Å². The van der Waals surface area contributed by atoms with Crippen molar-refractivity contribution in [1.82, 2.24) is 14.3 Å². The SMILES string of the molecule is CN(C)Cc1c(C(=O)O)nc2c(C(F)(F)F)cccn12. The summed E-state index contributed by atoms with van der Waals surface area (Å²) in [6.07, 6.45) is -3.21. The van der Waals surface area contributed by atoms with Crippen molar-refractivity contribution >= 4 is 11.6 Å². The van der Waals surface area contributed by atoms with Gasteiger partial charge in [0, 0.05) is 12.7 Å². The molecule has 0 aromatic carbocycles. The van der Waals surface area contributed by atoms with E-state index in [0.29, 0.717) is 0 Å². The maximum absolute atomic E-state index is 12.9. The van der Waals surface area contributed by atoms with Crippen molar-refractivity contribution in [1.29, 1.82) is 0 Å². The number of rotatable bonds is 3. The maximum Gasteiger partial charge on any atom is 0.419 e. The Morgan fingerprint density at radius 2 is 2.10 bits per heavy atom. The van der Waals surface area contributed by atoms with Gasteiger partial charge in [0.25, 0.3) is 0 Å². The van der Waals surface area contributed by atoms with Gasteiger partial charge in [0.1, 0.15) is 5.65 Å². The number of carboxylic acids is 1. The van der Waals surface area contributed by atoms with E-state index in [9.17, 15) is 18.0 Å². The third kappa shape index (κ3) is 2.46. The largest absolute Gasteiger partial charge is 0.476 e. The summed E-state index contributed by atoms with van der Waals surface area (Å²) < 4.78 is 39.9. The number of hydrogen-bond acceptors (Lipinski definition) is 3. The molecule has 0 aliphatic rings. The highest BCUT2D eigenvalue weighted by molar-refractivity contribution is 5.88. The van der Waals surface area contributed by atoms with Crippen LogP contribution in [0.5, 0.6) is 0 Å². The fraction of sp³-hybridized carbons (Fsp3) is 0.333. The molecule has 0 atom stereocenters. The van der Waals surface area contributed by atoms with E-state index >= 15 is 0 Å². The van der Waals surface area contributed by atoms with Gasteiger partial charge >= 0.3 is 12.1 Å². The van der Waals surface area contributed by atoms with Crippen molar-refractivity contribution < 1.29 is 23.1 Å². The zero-order valence-electron chi connectivity index (χ0n) is 10.8. The molecular formula is C12H12F3N3O2. The molecule has 0 fully saturated rings. The van der Waals surface area contributed by atoms with E-state index in [1.54, 1.807) is 19.0 Å². The van der Waals surface area contributed by atoms with E-state index in [0.717, 1.165) is 6.07 Å². The topological polar surface area (TPSA) is 57.8 Å². The summed E-state index contributed by atoms with van der Waals surface area (Å²) in [4.78, 5) is 16.5. The zero-order chi connectivity index (χ0) is 15.1. The van der Waals surface area contributed by atoms with Crippen LogP contribution in [0.2, 0.25) is 0 Å². The molecular weight excluding hydrogens is 275 g/mol. The predicted molar refractivity (Wildman–Crippen MR) is 64.5 cm³/mol. The number of fused-ring (bicyclic) bond motifs is 1. The molecule has 0 bridgehead atoms. The number of aromatic carboxylic acids is 1. The van der Waals surface area contributed by atoms with Gasteiger partial charge in [0.05, 0.1) is 11.3 Å². The summed E-state index contributed by atoms with van der Waals surface area (Å²) in [6, 6.07) is 2.11. The number of nitrogens with zero attached hydrogens (tertiary/aromatic N) is 3. The van der Waals surface area contributed by atoms with Gasteiger partial charge in [-0.15, -0.1) is 0 Å². The second-order valence-electron chi connectivity index (χ2n) is 4.56. The van der Waals surface area contributed by atoms with E-state index in [-0.39, 0.29) is 17.9 Å². The van der Waals surface area contributed by atoms with Crippen LogP contribution in [0.1, 0.15) is 21.7 Å². The number of aromatic nitrogens is 2. The third-order valence-corrected chi connectivity index (χ3v) is 2.72. The van der Waals surface area contributed by atoms with Crippen LogP contribution in [0, 0.1) is 0 Å². The van der Waals surface area contributed by atoms with E-state index in [1.807, 2.05) is 0 Å². The highest BCUT2D eigenvalue weighted by atomic mass is 19.4. The number of pyridine rings is 1. The quantitative estimate of drug-likeness (QED) is 0.939. The normalized spacial score (nSPS) is 12.3. The molecule has 2 rings (SSSR count). The molecule has 0 unspecified atom stereocenters. The standard InChI is InChI=1S/C12H12F3N3O2/c1-17(2)6-8-9(11(19)20)16-10-7(12(13,14)15)4-3-5-18(8)10/h3-5H,6H2,1-2H3,(H,19,20). The summed E-state index contributed by atoms with van der Waals surface area (Å²) in [5.74, 6) is -1.35. The van der Waals surface area contributed by atoms with Crippen LogP contribution < -0.4 is 0 Å². The highest BCUT2D eigenvalue weighted by Crippen LogP contribution is 2.32. The van der Waals surface area contributed by atoms with Gasteiger partial charge < -0.3 is 14.4 Å². The van der Waals surface area contributed by atoms with E-state index in [4.69, 9.17) is 5.11 Å². The molecule has 2 aromatic heterocycles. The second kappa shape index (κ2) is 4.78. The van der Waals surface area contributed by atoms with Crippen molar-refractivity contribution in [2.24, 2.45) is 0 Å². The van der Waals surface area contributed by atoms with Crippen LogP contribution in [0.15, 0.2) is 18.3 Å². The molecule has 108 valence electrons. The van der Waals surface area contributed by atoms with E-state index in [1.165, 1.54) is 16.7 Å². The molecule has 0 amide bonds. The van der Waals surface area contributed by atoms with Gasteiger partial charge in [0.15, 0.2) is 5.69 Å². The first kappa shape index (κ1) is 14.3. The van der Waals surface area contributed by atoms with Crippen molar-refractivity contribution in [3.63, 3.8) is 0 Å². The summed E-state index contributed by atoms with van der Waals surface area (Å²) in [5, 5.41) is 9.10.